The molecule has 0 aliphatic carbocycles. The molecule has 0 bridgehead atoms. The van der Waals surface area contributed by atoms with Crippen molar-refractivity contribution in [1.29, 1.82) is 0 Å². The van der Waals surface area contributed by atoms with Gasteiger partial charge >= 0.3 is 0 Å². The molecule has 7 nitrogen and oxygen atoms in total. The van der Waals surface area contributed by atoms with Gasteiger partial charge in [-0.15, -0.1) is 0 Å². The molecule has 1 unspecified atom stereocenters. The van der Waals surface area contributed by atoms with E-state index in [0.717, 1.165) is 19.4 Å². The lowest BCUT2D eigenvalue weighted by molar-refractivity contribution is 0.0857. The molecule has 1 aliphatic heterocycles. The molecule has 2 aromatic rings. The van der Waals surface area contributed by atoms with Crippen molar-refractivity contribution in [2.45, 2.75) is 25.9 Å². The maximum Gasteiger partial charge on any atom is 0.257 e. The molecule has 1 aliphatic rings. The zero-order valence-corrected chi connectivity index (χ0v) is 19.5. The van der Waals surface area contributed by atoms with E-state index >= 15 is 0 Å². The summed E-state index contributed by atoms with van der Waals surface area (Å²) in [6.07, 6.45) is 2.06. The van der Waals surface area contributed by atoms with E-state index in [4.69, 9.17) is 21.7 Å². The first-order valence-corrected chi connectivity index (χ1v) is 11.2. The van der Waals surface area contributed by atoms with Crippen molar-refractivity contribution in [2.24, 2.45) is 0 Å². The highest BCUT2D eigenvalue weighted by Crippen LogP contribution is 2.26. The van der Waals surface area contributed by atoms with Gasteiger partial charge in [0, 0.05) is 30.0 Å². The molecule has 0 spiro atoms. The summed E-state index contributed by atoms with van der Waals surface area (Å²) in [6, 6.07) is 12.0. The van der Waals surface area contributed by atoms with Gasteiger partial charge in [-0.2, -0.15) is 0 Å². The lowest BCUT2D eigenvalue weighted by Gasteiger charge is -2.13. The Balaban J connectivity index is 1.55. The van der Waals surface area contributed by atoms with Crippen molar-refractivity contribution < 1.29 is 19.1 Å². The van der Waals surface area contributed by atoms with Crippen LogP contribution in [0, 0.1) is 0 Å². The summed E-state index contributed by atoms with van der Waals surface area (Å²) in [7, 11) is 0. The molecule has 3 rings (SSSR count). The molecule has 1 fully saturated rings. The molecule has 0 aromatic heterocycles. The zero-order valence-electron chi connectivity index (χ0n) is 17.1. The number of hydrogen-bond donors (Lipinski definition) is 3. The fourth-order valence-corrected chi connectivity index (χ4v) is 3.81. The van der Waals surface area contributed by atoms with Gasteiger partial charge in [0.25, 0.3) is 11.8 Å². The van der Waals surface area contributed by atoms with E-state index < -0.39 is 0 Å². The lowest BCUT2D eigenvalue weighted by Crippen LogP contribution is -2.34. The Hall–Kier alpha value is -2.49. The maximum atomic E-state index is 12.5. The largest absolute Gasteiger partial charge is 0.493 e. The van der Waals surface area contributed by atoms with Gasteiger partial charge in [-0.1, -0.05) is 6.07 Å². The number of amides is 2. The van der Waals surface area contributed by atoms with Crippen molar-refractivity contribution >= 4 is 50.8 Å². The minimum atomic E-state index is -0.355. The number of benzene rings is 2. The summed E-state index contributed by atoms with van der Waals surface area (Å²) >= 11 is 8.64. The number of rotatable bonds is 7. The third kappa shape index (κ3) is 6.75. The predicted octanol–water partition coefficient (Wildman–Crippen LogP) is 3.88. The molecule has 1 atom stereocenters. The molecule has 0 radical (unpaired) electrons. The van der Waals surface area contributed by atoms with Gasteiger partial charge in [0.1, 0.15) is 5.75 Å². The van der Waals surface area contributed by atoms with Gasteiger partial charge in [0.15, 0.2) is 5.11 Å². The highest BCUT2D eigenvalue weighted by Gasteiger charge is 2.17. The van der Waals surface area contributed by atoms with Crippen LogP contribution < -0.4 is 20.7 Å². The van der Waals surface area contributed by atoms with Crippen LogP contribution in [0.15, 0.2) is 46.9 Å². The van der Waals surface area contributed by atoms with E-state index in [1.807, 2.05) is 6.92 Å². The van der Waals surface area contributed by atoms with E-state index in [9.17, 15) is 9.59 Å². The molecule has 1 saturated heterocycles. The average molecular weight is 506 g/mol. The fourth-order valence-electron chi connectivity index (χ4n) is 3.10. The number of halogens is 1. The smallest absolute Gasteiger partial charge is 0.257 e. The molecule has 3 N–H and O–H groups in total. The first kappa shape index (κ1) is 23.2. The van der Waals surface area contributed by atoms with Crippen LogP contribution in [0.1, 0.15) is 40.5 Å². The Bertz CT molecular complexity index is 964. The van der Waals surface area contributed by atoms with E-state index in [0.29, 0.717) is 40.2 Å². The number of carbonyl (C=O) groups is 2. The molecule has 1 heterocycles. The van der Waals surface area contributed by atoms with Crippen LogP contribution in [0.4, 0.5) is 5.69 Å². The third-order valence-electron chi connectivity index (χ3n) is 4.62. The first-order valence-electron chi connectivity index (χ1n) is 10.0. The highest BCUT2D eigenvalue weighted by molar-refractivity contribution is 9.10. The van der Waals surface area contributed by atoms with E-state index in [-0.39, 0.29) is 23.0 Å². The van der Waals surface area contributed by atoms with Crippen LogP contribution in [-0.4, -0.2) is 42.8 Å². The van der Waals surface area contributed by atoms with Crippen molar-refractivity contribution in [3.63, 3.8) is 0 Å². The Kier molecular flexibility index (Phi) is 8.39. The number of nitrogens with one attached hydrogen (secondary N) is 3. The lowest BCUT2D eigenvalue weighted by atomic mass is 10.1. The Morgan fingerprint density at radius 2 is 2.00 bits per heavy atom. The average Bonchev–Trinajstić information content (AvgIpc) is 3.27. The fraction of sp³-hybridized carbons (Fsp3) is 0.318. The van der Waals surface area contributed by atoms with Crippen molar-refractivity contribution in [3.8, 4) is 5.75 Å². The van der Waals surface area contributed by atoms with Gasteiger partial charge in [-0.3, -0.25) is 14.9 Å². The molecule has 2 aromatic carbocycles. The number of carbonyl (C=O) groups excluding carboxylic acids is 2. The Morgan fingerprint density at radius 3 is 2.71 bits per heavy atom. The van der Waals surface area contributed by atoms with Crippen LogP contribution in [0.25, 0.3) is 0 Å². The van der Waals surface area contributed by atoms with E-state index in [2.05, 4.69) is 31.9 Å². The molecule has 0 saturated carbocycles. The maximum absolute atomic E-state index is 12.5. The predicted molar refractivity (Wildman–Crippen MR) is 127 cm³/mol. The van der Waals surface area contributed by atoms with Gasteiger partial charge in [0.05, 0.1) is 17.2 Å². The minimum Gasteiger partial charge on any atom is -0.493 e. The van der Waals surface area contributed by atoms with Crippen molar-refractivity contribution in [3.05, 3.63) is 58.1 Å². The number of hydrogen-bond acceptors (Lipinski definition) is 5. The number of anilines is 1. The normalized spacial score (nSPS) is 15.2. The van der Waals surface area contributed by atoms with Crippen LogP contribution in [0.2, 0.25) is 0 Å². The SMILES string of the molecule is CCOc1ccc(C(=O)NC(=S)Nc2cccc(C(=O)NCC3CCCO3)c2)cc1Br. The Labute approximate surface area is 195 Å². The van der Waals surface area contributed by atoms with Gasteiger partial charge < -0.3 is 20.1 Å². The summed E-state index contributed by atoms with van der Waals surface area (Å²) < 4.78 is 11.7. The van der Waals surface area contributed by atoms with Crippen LogP contribution in [0.3, 0.4) is 0 Å². The zero-order chi connectivity index (χ0) is 22.2. The standard InChI is InChI=1S/C22H24BrN3O4S/c1-2-29-19-9-8-15(12-18(19)23)21(28)26-22(31)25-16-6-3-5-14(11-16)20(27)24-13-17-7-4-10-30-17/h3,5-6,8-9,11-12,17H,2,4,7,10,13H2,1H3,(H,24,27)(H2,25,26,28,31). The second-order valence-corrected chi connectivity index (χ2v) is 8.17. The molecular weight excluding hydrogens is 482 g/mol. The quantitative estimate of drug-likeness (QED) is 0.494. The number of thiocarbonyl (C=S) groups is 1. The minimum absolute atomic E-state index is 0.0793. The van der Waals surface area contributed by atoms with Gasteiger partial charge in [0.2, 0.25) is 0 Å². The topological polar surface area (TPSA) is 88.7 Å². The molecule has 164 valence electrons. The summed E-state index contributed by atoms with van der Waals surface area (Å²) in [5.74, 6) is 0.120. The molecule has 2 amide bonds. The summed E-state index contributed by atoms with van der Waals surface area (Å²) in [5.41, 5.74) is 1.53. The van der Waals surface area contributed by atoms with E-state index in [1.165, 1.54) is 0 Å². The summed E-state index contributed by atoms with van der Waals surface area (Å²) in [5, 5.41) is 8.59. The summed E-state index contributed by atoms with van der Waals surface area (Å²) in [4.78, 5) is 24.9. The Morgan fingerprint density at radius 1 is 1.19 bits per heavy atom. The molecule has 9 heteroatoms. The monoisotopic (exact) mass is 505 g/mol. The molecular formula is C22H24BrN3O4S. The van der Waals surface area contributed by atoms with Gasteiger partial charge in [-0.25, -0.2) is 0 Å². The van der Waals surface area contributed by atoms with Crippen molar-refractivity contribution in [1.82, 2.24) is 10.6 Å². The van der Waals surface area contributed by atoms with Crippen molar-refractivity contribution in [2.75, 3.05) is 25.1 Å². The van der Waals surface area contributed by atoms with E-state index in [1.54, 1.807) is 42.5 Å². The second kappa shape index (κ2) is 11.2. The highest BCUT2D eigenvalue weighted by atomic mass is 79.9. The summed E-state index contributed by atoms with van der Waals surface area (Å²) in [6.45, 7) is 3.66. The third-order valence-corrected chi connectivity index (χ3v) is 5.44. The first-order chi connectivity index (χ1) is 15.0. The number of ether oxygens (including phenoxy) is 2. The van der Waals surface area contributed by atoms with Crippen LogP contribution in [-0.2, 0) is 4.74 Å². The van der Waals surface area contributed by atoms with Gasteiger partial charge in [-0.05, 0) is 84.3 Å². The van der Waals surface area contributed by atoms with Crippen LogP contribution >= 0.6 is 28.1 Å². The van der Waals surface area contributed by atoms with Crippen LogP contribution in [0.5, 0.6) is 5.75 Å². The second-order valence-electron chi connectivity index (χ2n) is 6.91. The molecule has 31 heavy (non-hydrogen) atoms.